The van der Waals surface area contributed by atoms with Crippen LogP contribution in [0, 0.1) is 6.92 Å². The Hall–Kier alpha value is -0.820. The van der Waals surface area contributed by atoms with E-state index in [9.17, 15) is 0 Å². The second-order valence-corrected chi connectivity index (χ2v) is 2.92. The smallest absolute Gasteiger partial charge is 0.00200 e. The van der Waals surface area contributed by atoms with Crippen LogP contribution >= 0.6 is 0 Å². The summed E-state index contributed by atoms with van der Waals surface area (Å²) in [6.45, 7) is 8.16. The zero-order chi connectivity index (χ0) is 8.81. The molecule has 0 aliphatic heterocycles. The van der Waals surface area contributed by atoms with E-state index in [1.54, 1.807) is 0 Å². The number of benzene rings is 1. The van der Waals surface area contributed by atoms with Gasteiger partial charge in [-0.25, -0.2) is 0 Å². The lowest BCUT2D eigenvalue weighted by molar-refractivity contribution is 0.668. The average molecular weight is 162 g/mol. The second-order valence-electron chi connectivity index (χ2n) is 2.92. The molecule has 0 saturated carbocycles. The maximum absolute atomic E-state index is 4.08. The van der Waals surface area contributed by atoms with Gasteiger partial charge in [-0.05, 0) is 24.9 Å². The van der Waals surface area contributed by atoms with Crippen molar-refractivity contribution in [1.82, 2.24) is 5.32 Å². The van der Waals surface area contributed by atoms with Crippen molar-refractivity contribution < 1.29 is 0 Å². The van der Waals surface area contributed by atoms with Gasteiger partial charge in [0, 0.05) is 6.54 Å². The van der Waals surface area contributed by atoms with Gasteiger partial charge < -0.3 is 5.32 Å². The molecule has 1 rings (SSSR count). The minimum Gasteiger partial charge on any atom is -0.316 e. The van der Waals surface area contributed by atoms with Crippen molar-refractivity contribution in [2.24, 2.45) is 0 Å². The molecule has 1 aromatic carbocycles. The molecular weight excluding hydrogens is 146 g/mol. The zero-order valence-electron chi connectivity index (χ0n) is 7.59. The first-order chi connectivity index (χ1) is 5.84. The number of rotatable bonds is 4. The topological polar surface area (TPSA) is 12.0 Å². The highest BCUT2D eigenvalue weighted by atomic mass is 14.8. The van der Waals surface area contributed by atoms with Crippen molar-refractivity contribution in [2.75, 3.05) is 13.1 Å². The molecule has 0 spiro atoms. The monoisotopic (exact) mass is 162 g/mol. The summed E-state index contributed by atoms with van der Waals surface area (Å²) in [5.74, 6) is 0.367. The van der Waals surface area contributed by atoms with Gasteiger partial charge in [-0.3, -0.25) is 0 Å². The first-order valence-electron chi connectivity index (χ1n) is 4.43. The third kappa shape index (κ3) is 2.67. The predicted octanol–water partition coefficient (Wildman–Crippen LogP) is 2.21. The Labute approximate surface area is 74.8 Å². The maximum atomic E-state index is 4.08. The maximum Gasteiger partial charge on any atom is 0.00200 e. The molecule has 1 aromatic rings. The Balaban J connectivity index is 2.48. The highest BCUT2D eigenvalue weighted by Gasteiger charge is 2.02. The van der Waals surface area contributed by atoms with Crippen LogP contribution in [0.25, 0.3) is 0 Å². The fourth-order valence-corrected chi connectivity index (χ4v) is 1.16. The number of nitrogens with one attached hydrogen (secondary N) is 1. The van der Waals surface area contributed by atoms with Crippen molar-refractivity contribution in [2.45, 2.75) is 12.8 Å². The SMILES string of the molecule is [CH2]C(CNCC)c1ccccc1. The fourth-order valence-electron chi connectivity index (χ4n) is 1.16. The largest absolute Gasteiger partial charge is 0.316 e. The van der Waals surface area contributed by atoms with Crippen molar-refractivity contribution >= 4 is 0 Å². The summed E-state index contributed by atoms with van der Waals surface area (Å²) >= 11 is 0. The summed E-state index contributed by atoms with van der Waals surface area (Å²) in [6, 6.07) is 10.4. The third-order valence-electron chi connectivity index (χ3n) is 1.91. The van der Waals surface area contributed by atoms with Crippen LogP contribution in [0.4, 0.5) is 0 Å². The average Bonchev–Trinajstić information content (AvgIpc) is 2.15. The summed E-state index contributed by atoms with van der Waals surface area (Å²) in [5.41, 5.74) is 1.30. The molecule has 0 bridgehead atoms. The number of hydrogen-bond acceptors (Lipinski definition) is 1. The minimum atomic E-state index is 0.367. The van der Waals surface area contributed by atoms with E-state index in [4.69, 9.17) is 0 Å². The molecule has 0 aliphatic carbocycles. The van der Waals surface area contributed by atoms with Crippen molar-refractivity contribution in [3.8, 4) is 0 Å². The van der Waals surface area contributed by atoms with Crippen LogP contribution in [0.2, 0.25) is 0 Å². The van der Waals surface area contributed by atoms with Crippen LogP contribution in [0.5, 0.6) is 0 Å². The Morgan fingerprint density at radius 1 is 1.33 bits per heavy atom. The summed E-state index contributed by atoms with van der Waals surface area (Å²) in [6.07, 6.45) is 0. The van der Waals surface area contributed by atoms with Crippen LogP contribution in [-0.2, 0) is 0 Å². The number of hydrogen-bond donors (Lipinski definition) is 1. The molecule has 1 radical (unpaired) electrons. The highest BCUT2D eigenvalue weighted by molar-refractivity contribution is 5.20. The first-order valence-corrected chi connectivity index (χ1v) is 4.43. The third-order valence-corrected chi connectivity index (χ3v) is 1.91. The van der Waals surface area contributed by atoms with Gasteiger partial charge in [0.2, 0.25) is 0 Å². The van der Waals surface area contributed by atoms with Gasteiger partial charge >= 0.3 is 0 Å². The summed E-state index contributed by atoms with van der Waals surface area (Å²) in [7, 11) is 0. The summed E-state index contributed by atoms with van der Waals surface area (Å²) < 4.78 is 0. The molecule has 0 fully saturated rings. The van der Waals surface area contributed by atoms with E-state index in [1.807, 2.05) is 6.07 Å². The van der Waals surface area contributed by atoms with E-state index in [-0.39, 0.29) is 0 Å². The van der Waals surface area contributed by atoms with Crippen molar-refractivity contribution in [3.05, 3.63) is 42.8 Å². The first kappa shape index (κ1) is 9.27. The summed E-state index contributed by atoms with van der Waals surface area (Å²) in [4.78, 5) is 0. The van der Waals surface area contributed by atoms with Crippen LogP contribution in [0.3, 0.4) is 0 Å². The molecule has 1 N–H and O–H groups in total. The van der Waals surface area contributed by atoms with Gasteiger partial charge in [-0.15, -0.1) is 0 Å². The Bertz CT molecular complexity index is 206. The lowest BCUT2D eigenvalue weighted by atomic mass is 10.0. The predicted molar refractivity (Wildman–Crippen MR) is 53.1 cm³/mol. The molecule has 1 heteroatoms. The summed E-state index contributed by atoms with van der Waals surface area (Å²) in [5, 5.41) is 3.28. The standard InChI is InChI=1S/C11H16N/c1-3-12-9-10(2)11-7-5-4-6-8-11/h4-8,10,12H,2-3,9H2,1H3. The van der Waals surface area contributed by atoms with Crippen molar-refractivity contribution in [3.63, 3.8) is 0 Å². The van der Waals surface area contributed by atoms with E-state index in [2.05, 4.69) is 43.4 Å². The number of likely N-dealkylation sites (N-methyl/N-ethyl adjacent to an activating group) is 1. The fraction of sp³-hybridized carbons (Fsp3) is 0.364. The molecule has 0 heterocycles. The minimum absolute atomic E-state index is 0.367. The molecule has 1 atom stereocenters. The van der Waals surface area contributed by atoms with Gasteiger partial charge in [0.15, 0.2) is 0 Å². The van der Waals surface area contributed by atoms with Crippen molar-refractivity contribution in [1.29, 1.82) is 0 Å². The van der Waals surface area contributed by atoms with Crippen LogP contribution < -0.4 is 5.32 Å². The Morgan fingerprint density at radius 3 is 2.58 bits per heavy atom. The Kier molecular flexibility index (Phi) is 3.81. The lowest BCUT2D eigenvalue weighted by Crippen LogP contribution is -2.19. The molecule has 0 aromatic heterocycles. The lowest BCUT2D eigenvalue weighted by Gasteiger charge is -2.11. The molecule has 0 amide bonds. The Morgan fingerprint density at radius 2 is 2.00 bits per heavy atom. The van der Waals surface area contributed by atoms with Crippen LogP contribution in [-0.4, -0.2) is 13.1 Å². The molecule has 12 heavy (non-hydrogen) atoms. The molecule has 0 saturated heterocycles. The molecular formula is C11H16N. The highest BCUT2D eigenvalue weighted by Crippen LogP contribution is 2.12. The van der Waals surface area contributed by atoms with E-state index in [0.717, 1.165) is 13.1 Å². The van der Waals surface area contributed by atoms with E-state index in [1.165, 1.54) is 5.56 Å². The van der Waals surface area contributed by atoms with Gasteiger partial charge in [0.25, 0.3) is 0 Å². The van der Waals surface area contributed by atoms with Gasteiger partial charge in [-0.2, -0.15) is 0 Å². The normalized spacial score (nSPS) is 12.8. The quantitative estimate of drug-likeness (QED) is 0.715. The molecule has 0 aliphatic rings. The molecule has 1 nitrogen and oxygen atoms in total. The van der Waals surface area contributed by atoms with E-state index >= 15 is 0 Å². The molecule has 1 unspecified atom stereocenters. The second kappa shape index (κ2) is 4.94. The zero-order valence-corrected chi connectivity index (χ0v) is 7.59. The van der Waals surface area contributed by atoms with Crippen LogP contribution in [0.1, 0.15) is 18.4 Å². The van der Waals surface area contributed by atoms with Gasteiger partial charge in [0.1, 0.15) is 0 Å². The van der Waals surface area contributed by atoms with E-state index < -0.39 is 0 Å². The van der Waals surface area contributed by atoms with Crippen LogP contribution in [0.15, 0.2) is 30.3 Å². The van der Waals surface area contributed by atoms with E-state index in [0.29, 0.717) is 5.92 Å². The van der Waals surface area contributed by atoms with Gasteiger partial charge in [0.05, 0.1) is 0 Å². The van der Waals surface area contributed by atoms with Gasteiger partial charge in [-0.1, -0.05) is 37.3 Å². The molecule has 65 valence electrons.